The van der Waals surface area contributed by atoms with Crippen molar-refractivity contribution in [3.63, 3.8) is 0 Å². The van der Waals surface area contributed by atoms with Crippen LogP contribution in [-0.4, -0.2) is 40.0 Å². The average molecular weight is 264 g/mol. The molecule has 102 valence electrons. The molecule has 0 atom stereocenters. The second-order valence-electron chi connectivity index (χ2n) is 4.78. The number of aromatic amines is 1. The van der Waals surface area contributed by atoms with Crippen LogP contribution in [0, 0.1) is 5.92 Å². The van der Waals surface area contributed by atoms with Crippen LogP contribution < -0.4 is 5.56 Å². The van der Waals surface area contributed by atoms with Crippen LogP contribution >= 0.6 is 0 Å². The van der Waals surface area contributed by atoms with E-state index in [1.807, 2.05) is 0 Å². The zero-order valence-corrected chi connectivity index (χ0v) is 10.5. The summed E-state index contributed by atoms with van der Waals surface area (Å²) in [5, 5.41) is 8.73. The number of carboxylic acid groups (broad SMARTS) is 1. The predicted molar refractivity (Wildman–Crippen MR) is 67.9 cm³/mol. The normalized spacial score (nSPS) is 16.3. The van der Waals surface area contributed by atoms with Crippen molar-refractivity contribution in [1.29, 1.82) is 0 Å². The zero-order valence-electron chi connectivity index (χ0n) is 10.5. The number of aromatic nitrogens is 1. The third-order valence-electron chi connectivity index (χ3n) is 3.40. The Morgan fingerprint density at radius 3 is 2.53 bits per heavy atom. The first kappa shape index (κ1) is 13.3. The van der Waals surface area contributed by atoms with Gasteiger partial charge in [0.05, 0.1) is 5.56 Å². The standard InChI is InChI=1S/C13H16N2O4/c16-11-2-1-10(8-14-11)13(19)15-5-3-9(4-6-15)7-12(17)18/h1-2,8-9H,3-7H2,(H,14,16)(H,17,18). The minimum Gasteiger partial charge on any atom is -0.481 e. The first-order valence-corrected chi connectivity index (χ1v) is 6.26. The number of nitrogens with one attached hydrogen (secondary N) is 1. The van der Waals surface area contributed by atoms with Gasteiger partial charge < -0.3 is 15.0 Å². The summed E-state index contributed by atoms with van der Waals surface area (Å²) < 4.78 is 0. The monoisotopic (exact) mass is 264 g/mol. The second kappa shape index (κ2) is 5.69. The lowest BCUT2D eigenvalue weighted by Gasteiger charge is -2.31. The number of pyridine rings is 1. The molecule has 19 heavy (non-hydrogen) atoms. The summed E-state index contributed by atoms with van der Waals surface area (Å²) in [6, 6.07) is 2.83. The highest BCUT2D eigenvalue weighted by Crippen LogP contribution is 2.21. The Morgan fingerprint density at radius 2 is 2.00 bits per heavy atom. The Balaban J connectivity index is 1.94. The first-order valence-electron chi connectivity index (χ1n) is 6.26. The van der Waals surface area contributed by atoms with Crippen LogP contribution in [0.1, 0.15) is 29.6 Å². The van der Waals surface area contributed by atoms with Crippen LogP contribution in [0.3, 0.4) is 0 Å². The largest absolute Gasteiger partial charge is 0.481 e. The van der Waals surface area contributed by atoms with Gasteiger partial charge in [0.25, 0.3) is 5.91 Å². The van der Waals surface area contributed by atoms with E-state index in [4.69, 9.17) is 5.11 Å². The Morgan fingerprint density at radius 1 is 1.32 bits per heavy atom. The molecule has 1 saturated heterocycles. The second-order valence-corrected chi connectivity index (χ2v) is 4.78. The SMILES string of the molecule is O=C(O)CC1CCN(C(=O)c2ccc(=O)[nH]c2)CC1. The third-order valence-corrected chi connectivity index (χ3v) is 3.40. The van der Waals surface area contributed by atoms with Crippen molar-refractivity contribution in [2.24, 2.45) is 5.92 Å². The fourth-order valence-electron chi connectivity index (χ4n) is 2.31. The van der Waals surface area contributed by atoms with Crippen molar-refractivity contribution in [3.8, 4) is 0 Å². The van der Waals surface area contributed by atoms with E-state index in [9.17, 15) is 14.4 Å². The van der Waals surface area contributed by atoms with Crippen molar-refractivity contribution >= 4 is 11.9 Å². The molecule has 0 aromatic carbocycles. The van der Waals surface area contributed by atoms with Crippen LogP contribution in [0.4, 0.5) is 0 Å². The molecule has 1 amide bonds. The average Bonchev–Trinajstić information content (AvgIpc) is 2.39. The summed E-state index contributed by atoms with van der Waals surface area (Å²) in [4.78, 5) is 37.9. The van der Waals surface area contributed by atoms with Crippen molar-refractivity contribution in [3.05, 3.63) is 34.2 Å². The van der Waals surface area contributed by atoms with Crippen molar-refractivity contribution < 1.29 is 14.7 Å². The minimum absolute atomic E-state index is 0.120. The summed E-state index contributed by atoms with van der Waals surface area (Å²) in [6.07, 6.45) is 3.00. The number of carbonyl (C=O) groups excluding carboxylic acids is 1. The van der Waals surface area contributed by atoms with Gasteiger partial charge in [-0.3, -0.25) is 14.4 Å². The van der Waals surface area contributed by atoms with E-state index >= 15 is 0 Å². The molecule has 1 aliphatic heterocycles. The molecule has 0 aliphatic carbocycles. The van der Waals surface area contributed by atoms with E-state index in [1.165, 1.54) is 18.3 Å². The predicted octanol–water partition coefficient (Wildman–Crippen LogP) is 0.702. The Kier molecular flexibility index (Phi) is 3.99. The van der Waals surface area contributed by atoms with E-state index in [-0.39, 0.29) is 23.8 Å². The van der Waals surface area contributed by atoms with Crippen LogP contribution in [0.25, 0.3) is 0 Å². The highest BCUT2D eigenvalue weighted by Gasteiger charge is 2.24. The summed E-state index contributed by atoms with van der Waals surface area (Å²) in [7, 11) is 0. The highest BCUT2D eigenvalue weighted by molar-refractivity contribution is 5.93. The lowest BCUT2D eigenvalue weighted by Crippen LogP contribution is -2.39. The molecule has 1 fully saturated rings. The van der Waals surface area contributed by atoms with Gasteiger partial charge in [-0.15, -0.1) is 0 Å². The first-order chi connectivity index (χ1) is 9.06. The molecule has 0 unspecified atom stereocenters. The maximum Gasteiger partial charge on any atom is 0.303 e. The molecule has 0 bridgehead atoms. The van der Waals surface area contributed by atoms with Gasteiger partial charge in [0.15, 0.2) is 0 Å². The molecule has 1 aromatic rings. The van der Waals surface area contributed by atoms with Gasteiger partial charge in [-0.05, 0) is 24.8 Å². The highest BCUT2D eigenvalue weighted by atomic mass is 16.4. The smallest absolute Gasteiger partial charge is 0.303 e. The summed E-state index contributed by atoms with van der Waals surface area (Å²) in [6.45, 7) is 1.13. The van der Waals surface area contributed by atoms with E-state index in [2.05, 4.69) is 4.98 Å². The van der Waals surface area contributed by atoms with Gasteiger partial charge in [0, 0.05) is 31.8 Å². The van der Waals surface area contributed by atoms with Crippen LogP contribution in [0.5, 0.6) is 0 Å². The van der Waals surface area contributed by atoms with Gasteiger partial charge in [-0.25, -0.2) is 0 Å². The summed E-state index contributed by atoms with van der Waals surface area (Å²) in [5.41, 5.74) is 0.216. The molecule has 0 radical (unpaired) electrons. The van der Waals surface area contributed by atoms with Crippen molar-refractivity contribution in [2.75, 3.05) is 13.1 Å². The zero-order chi connectivity index (χ0) is 13.8. The van der Waals surface area contributed by atoms with Gasteiger partial charge in [-0.1, -0.05) is 0 Å². The fraction of sp³-hybridized carbons (Fsp3) is 0.462. The van der Waals surface area contributed by atoms with Gasteiger partial charge in [0.2, 0.25) is 5.56 Å². The van der Waals surface area contributed by atoms with E-state index in [1.54, 1.807) is 4.90 Å². The van der Waals surface area contributed by atoms with Gasteiger partial charge in [0.1, 0.15) is 0 Å². The molecule has 1 aliphatic rings. The summed E-state index contributed by atoms with van der Waals surface area (Å²) >= 11 is 0. The molecule has 0 saturated carbocycles. The van der Waals surface area contributed by atoms with Gasteiger partial charge >= 0.3 is 5.97 Å². The number of likely N-dealkylation sites (tertiary alicyclic amines) is 1. The third kappa shape index (κ3) is 3.43. The molecule has 1 aromatic heterocycles. The van der Waals surface area contributed by atoms with Gasteiger partial charge in [-0.2, -0.15) is 0 Å². The number of hydrogen-bond acceptors (Lipinski definition) is 3. The molecule has 2 heterocycles. The Hall–Kier alpha value is -2.11. The van der Waals surface area contributed by atoms with Crippen molar-refractivity contribution in [1.82, 2.24) is 9.88 Å². The fourth-order valence-corrected chi connectivity index (χ4v) is 2.31. The number of carboxylic acids is 1. The molecular weight excluding hydrogens is 248 g/mol. The Bertz CT molecular complexity index is 509. The number of carbonyl (C=O) groups is 2. The number of nitrogens with zero attached hydrogens (tertiary/aromatic N) is 1. The van der Waals surface area contributed by atoms with Crippen molar-refractivity contribution in [2.45, 2.75) is 19.3 Å². The van der Waals surface area contributed by atoms with E-state index in [0.717, 1.165) is 0 Å². The lowest BCUT2D eigenvalue weighted by atomic mass is 9.93. The maximum atomic E-state index is 12.1. The molecule has 0 spiro atoms. The number of piperidine rings is 1. The molecule has 6 heteroatoms. The molecule has 2 rings (SSSR count). The topological polar surface area (TPSA) is 90.5 Å². The van der Waals surface area contributed by atoms with Crippen LogP contribution in [-0.2, 0) is 4.79 Å². The van der Waals surface area contributed by atoms with E-state index < -0.39 is 5.97 Å². The van der Waals surface area contributed by atoms with E-state index in [0.29, 0.717) is 31.5 Å². The quantitative estimate of drug-likeness (QED) is 0.840. The lowest BCUT2D eigenvalue weighted by molar-refractivity contribution is -0.138. The minimum atomic E-state index is -0.787. The number of H-pyrrole nitrogens is 1. The molecular formula is C13H16N2O4. The number of amides is 1. The maximum absolute atomic E-state index is 12.1. The summed E-state index contributed by atoms with van der Waals surface area (Å²) in [5.74, 6) is -0.757. The number of rotatable bonds is 3. The van der Waals surface area contributed by atoms with Crippen LogP contribution in [0.15, 0.2) is 23.1 Å². The van der Waals surface area contributed by atoms with Crippen LogP contribution in [0.2, 0.25) is 0 Å². The number of aliphatic carboxylic acids is 1. The molecule has 6 nitrogen and oxygen atoms in total. The Labute approximate surface area is 110 Å². The number of hydrogen-bond donors (Lipinski definition) is 2. The molecule has 2 N–H and O–H groups in total.